The van der Waals surface area contributed by atoms with Gasteiger partial charge in [-0.15, -0.1) is 0 Å². The summed E-state index contributed by atoms with van der Waals surface area (Å²) in [6.45, 7) is 1.85. The number of ether oxygens (including phenoxy) is 1. The normalized spacial score (nSPS) is 18.3. The molecule has 0 radical (unpaired) electrons. The molecule has 1 aliphatic carbocycles. The van der Waals surface area contributed by atoms with Crippen molar-refractivity contribution in [2.75, 3.05) is 19.0 Å². The van der Waals surface area contributed by atoms with E-state index < -0.39 is 15.9 Å². The van der Waals surface area contributed by atoms with Crippen LogP contribution in [-0.2, 0) is 30.9 Å². The van der Waals surface area contributed by atoms with Crippen LogP contribution < -0.4 is 5.32 Å². The molecule has 1 amide bonds. The first-order valence-corrected chi connectivity index (χ1v) is 10.8. The van der Waals surface area contributed by atoms with Crippen molar-refractivity contribution in [2.24, 2.45) is 11.8 Å². The number of anilines is 1. The number of amides is 1. The molecular weight excluding hydrogens is 392 g/mol. The predicted octanol–water partition coefficient (Wildman–Crippen LogP) is 2.65. The Morgan fingerprint density at radius 2 is 1.72 bits per heavy atom. The van der Waals surface area contributed by atoms with Crippen LogP contribution in [0.1, 0.15) is 18.9 Å². The number of benzene rings is 2. The number of carbonyl (C=O) groups excluding carboxylic acids is 2. The minimum atomic E-state index is -3.66. The molecule has 0 heterocycles. The fourth-order valence-electron chi connectivity index (χ4n) is 2.91. The molecule has 29 heavy (non-hydrogen) atoms. The van der Waals surface area contributed by atoms with Crippen molar-refractivity contribution in [3.05, 3.63) is 60.2 Å². The fraction of sp³-hybridized carbons (Fsp3) is 0.333. The van der Waals surface area contributed by atoms with Crippen molar-refractivity contribution < 1.29 is 22.7 Å². The highest BCUT2D eigenvalue weighted by atomic mass is 32.2. The Morgan fingerprint density at radius 3 is 2.31 bits per heavy atom. The number of rotatable bonds is 8. The van der Waals surface area contributed by atoms with Gasteiger partial charge < -0.3 is 10.1 Å². The first kappa shape index (κ1) is 21.0. The molecule has 1 N–H and O–H groups in total. The summed E-state index contributed by atoms with van der Waals surface area (Å²) in [7, 11) is -2.14. The first-order valence-electron chi connectivity index (χ1n) is 9.34. The number of carbonyl (C=O) groups is 2. The second kappa shape index (κ2) is 8.75. The van der Waals surface area contributed by atoms with Gasteiger partial charge in [-0.1, -0.05) is 37.3 Å². The molecule has 1 aliphatic rings. The molecule has 0 bridgehead atoms. The SMILES string of the molecule is C[C@H]1C[C@H]1C(=O)OCC(=O)Nc1ccc(S(=O)(=O)N(C)Cc2ccccc2)cc1. The molecule has 2 atom stereocenters. The summed E-state index contributed by atoms with van der Waals surface area (Å²) < 4.78 is 31.7. The van der Waals surface area contributed by atoms with Gasteiger partial charge in [0, 0.05) is 19.3 Å². The van der Waals surface area contributed by atoms with Crippen molar-refractivity contribution in [1.29, 1.82) is 0 Å². The molecule has 0 unspecified atom stereocenters. The minimum Gasteiger partial charge on any atom is -0.455 e. The Balaban J connectivity index is 1.55. The van der Waals surface area contributed by atoms with E-state index in [2.05, 4.69) is 5.32 Å². The van der Waals surface area contributed by atoms with E-state index in [1.54, 1.807) is 0 Å². The molecule has 2 aromatic rings. The Morgan fingerprint density at radius 1 is 1.10 bits per heavy atom. The number of hydrogen-bond acceptors (Lipinski definition) is 5. The second-order valence-corrected chi connectivity index (χ2v) is 9.29. The van der Waals surface area contributed by atoms with E-state index >= 15 is 0 Å². The van der Waals surface area contributed by atoms with Gasteiger partial charge in [0.2, 0.25) is 10.0 Å². The maximum absolute atomic E-state index is 12.7. The fourth-order valence-corrected chi connectivity index (χ4v) is 4.07. The zero-order valence-corrected chi connectivity index (χ0v) is 17.2. The van der Waals surface area contributed by atoms with E-state index in [-0.39, 0.29) is 29.9 Å². The summed E-state index contributed by atoms with van der Waals surface area (Å²) >= 11 is 0. The minimum absolute atomic E-state index is 0.0971. The van der Waals surface area contributed by atoms with E-state index in [9.17, 15) is 18.0 Å². The summed E-state index contributed by atoms with van der Waals surface area (Å²) in [6, 6.07) is 15.2. The zero-order valence-electron chi connectivity index (χ0n) is 16.4. The quantitative estimate of drug-likeness (QED) is 0.668. The van der Waals surface area contributed by atoms with Crippen LogP contribution in [0.2, 0.25) is 0 Å². The van der Waals surface area contributed by atoms with E-state index in [0.717, 1.165) is 12.0 Å². The number of hydrogen-bond donors (Lipinski definition) is 1. The van der Waals surface area contributed by atoms with Crippen LogP contribution in [-0.4, -0.2) is 38.3 Å². The van der Waals surface area contributed by atoms with Gasteiger partial charge in [-0.2, -0.15) is 4.31 Å². The summed E-state index contributed by atoms with van der Waals surface area (Å²) in [4.78, 5) is 23.7. The highest BCUT2D eigenvalue weighted by Crippen LogP contribution is 2.38. The Kier molecular flexibility index (Phi) is 6.34. The lowest BCUT2D eigenvalue weighted by Gasteiger charge is -2.17. The average molecular weight is 416 g/mol. The second-order valence-electron chi connectivity index (χ2n) is 7.25. The Hall–Kier alpha value is -2.71. The standard InChI is InChI=1S/C21H24N2O5S/c1-15-12-19(15)21(25)28-14-20(24)22-17-8-10-18(11-9-17)29(26,27)23(2)13-16-6-4-3-5-7-16/h3-11,15,19H,12-14H2,1-2H3,(H,22,24)/t15-,19+/m0/s1. The Labute approximate surface area is 170 Å². The van der Waals surface area contributed by atoms with Crippen LogP contribution >= 0.6 is 0 Å². The highest BCUT2D eigenvalue weighted by Gasteiger charge is 2.40. The maximum atomic E-state index is 12.7. The molecular formula is C21H24N2O5S. The van der Waals surface area contributed by atoms with E-state index in [1.807, 2.05) is 37.3 Å². The van der Waals surface area contributed by atoms with Gasteiger partial charge >= 0.3 is 5.97 Å². The molecule has 0 saturated heterocycles. The molecule has 8 heteroatoms. The van der Waals surface area contributed by atoms with Crippen molar-refractivity contribution in [1.82, 2.24) is 4.31 Å². The third kappa shape index (κ3) is 5.42. The van der Waals surface area contributed by atoms with Crippen molar-refractivity contribution >= 4 is 27.6 Å². The van der Waals surface area contributed by atoms with Gasteiger partial charge in [0.25, 0.3) is 5.91 Å². The number of nitrogens with one attached hydrogen (secondary N) is 1. The van der Waals surface area contributed by atoms with Gasteiger partial charge in [0.1, 0.15) is 0 Å². The van der Waals surface area contributed by atoms with Gasteiger partial charge in [0.05, 0.1) is 10.8 Å². The van der Waals surface area contributed by atoms with E-state index in [1.165, 1.54) is 35.6 Å². The monoisotopic (exact) mass is 416 g/mol. The maximum Gasteiger partial charge on any atom is 0.309 e. The van der Waals surface area contributed by atoms with Gasteiger partial charge in [-0.25, -0.2) is 8.42 Å². The summed E-state index contributed by atoms with van der Waals surface area (Å²) in [6.07, 6.45) is 0.801. The Bertz CT molecular complexity index is 974. The third-order valence-electron chi connectivity index (χ3n) is 4.85. The number of sulfonamides is 1. The lowest BCUT2D eigenvalue weighted by Crippen LogP contribution is -2.26. The molecule has 1 fully saturated rings. The smallest absolute Gasteiger partial charge is 0.309 e. The highest BCUT2D eigenvalue weighted by molar-refractivity contribution is 7.89. The van der Waals surface area contributed by atoms with Crippen molar-refractivity contribution in [3.8, 4) is 0 Å². The van der Waals surface area contributed by atoms with Crippen LogP contribution in [0.4, 0.5) is 5.69 Å². The molecule has 3 rings (SSSR count). The van der Waals surface area contributed by atoms with Crippen LogP contribution in [0, 0.1) is 11.8 Å². The van der Waals surface area contributed by atoms with E-state index in [4.69, 9.17) is 4.74 Å². The summed E-state index contributed by atoms with van der Waals surface area (Å²) in [5.41, 5.74) is 1.31. The molecule has 0 aliphatic heterocycles. The third-order valence-corrected chi connectivity index (χ3v) is 6.67. The molecule has 2 aromatic carbocycles. The molecule has 154 valence electrons. The number of esters is 1. The van der Waals surface area contributed by atoms with Gasteiger partial charge in [-0.3, -0.25) is 9.59 Å². The number of nitrogens with zero attached hydrogens (tertiary/aromatic N) is 1. The van der Waals surface area contributed by atoms with Crippen LogP contribution in [0.5, 0.6) is 0 Å². The van der Waals surface area contributed by atoms with Gasteiger partial charge in [0.15, 0.2) is 6.61 Å². The largest absolute Gasteiger partial charge is 0.455 e. The molecule has 0 spiro atoms. The van der Waals surface area contributed by atoms with Crippen LogP contribution in [0.25, 0.3) is 0 Å². The zero-order chi connectivity index (χ0) is 21.0. The topological polar surface area (TPSA) is 92.8 Å². The van der Waals surface area contributed by atoms with Crippen LogP contribution in [0.3, 0.4) is 0 Å². The van der Waals surface area contributed by atoms with Gasteiger partial charge in [-0.05, 0) is 42.2 Å². The predicted molar refractivity (Wildman–Crippen MR) is 108 cm³/mol. The lowest BCUT2D eigenvalue weighted by molar-refractivity contribution is -0.148. The average Bonchev–Trinajstić information content (AvgIpc) is 3.44. The summed E-state index contributed by atoms with van der Waals surface area (Å²) in [5, 5.41) is 2.59. The first-order chi connectivity index (χ1) is 13.8. The van der Waals surface area contributed by atoms with E-state index in [0.29, 0.717) is 11.6 Å². The van der Waals surface area contributed by atoms with Crippen molar-refractivity contribution in [2.45, 2.75) is 24.8 Å². The summed E-state index contributed by atoms with van der Waals surface area (Å²) in [5.74, 6) is -0.598. The molecule has 7 nitrogen and oxygen atoms in total. The van der Waals surface area contributed by atoms with Crippen molar-refractivity contribution in [3.63, 3.8) is 0 Å². The molecule has 0 aromatic heterocycles. The van der Waals surface area contributed by atoms with Crippen LogP contribution in [0.15, 0.2) is 59.5 Å². The molecule has 1 saturated carbocycles. The lowest BCUT2D eigenvalue weighted by atomic mass is 10.2.